The number of allylic oxidation sites excluding steroid dienone is 1. The first kappa shape index (κ1) is 9.97. The highest BCUT2D eigenvalue weighted by Gasteiger charge is 2.25. The smallest absolute Gasteiger partial charge is 0.163 e. The van der Waals surface area contributed by atoms with Crippen LogP contribution in [0.2, 0.25) is 0 Å². The normalized spacial score (nSPS) is 19.8. The van der Waals surface area contributed by atoms with Gasteiger partial charge in [0, 0.05) is 12.0 Å². The summed E-state index contributed by atoms with van der Waals surface area (Å²) in [5.74, 6) is 0.611. The zero-order valence-electron chi connectivity index (χ0n) is 8.79. The minimum Gasteiger partial charge on any atom is -0.508 e. The first-order chi connectivity index (χ1) is 7.08. The van der Waals surface area contributed by atoms with Gasteiger partial charge in [-0.15, -0.1) is 0 Å². The fourth-order valence-corrected chi connectivity index (χ4v) is 2.04. The Morgan fingerprint density at radius 2 is 2.20 bits per heavy atom. The molecule has 0 amide bonds. The van der Waals surface area contributed by atoms with Gasteiger partial charge in [-0.05, 0) is 43.0 Å². The van der Waals surface area contributed by atoms with Gasteiger partial charge in [-0.2, -0.15) is 0 Å². The summed E-state index contributed by atoms with van der Waals surface area (Å²) in [5, 5.41) is 9.37. The molecule has 0 radical (unpaired) electrons. The predicted molar refractivity (Wildman–Crippen MR) is 59.1 cm³/mol. The molecule has 0 heterocycles. The Morgan fingerprint density at radius 3 is 2.87 bits per heavy atom. The van der Waals surface area contributed by atoms with E-state index < -0.39 is 0 Å². The van der Waals surface area contributed by atoms with E-state index in [1.807, 2.05) is 6.92 Å². The van der Waals surface area contributed by atoms with E-state index in [4.69, 9.17) is 0 Å². The summed E-state index contributed by atoms with van der Waals surface area (Å²) in [4.78, 5) is 11.8. The van der Waals surface area contributed by atoms with E-state index in [0.29, 0.717) is 6.42 Å². The SMILES string of the molecule is C=C(C)[C@@H]1CC(=O)c2ccc(O)cc2C1. The Morgan fingerprint density at radius 1 is 1.47 bits per heavy atom. The van der Waals surface area contributed by atoms with Gasteiger partial charge in [0.2, 0.25) is 0 Å². The van der Waals surface area contributed by atoms with Gasteiger partial charge in [0.15, 0.2) is 5.78 Å². The maximum absolute atomic E-state index is 11.8. The van der Waals surface area contributed by atoms with Crippen LogP contribution in [0.15, 0.2) is 30.4 Å². The van der Waals surface area contributed by atoms with Crippen molar-refractivity contribution < 1.29 is 9.90 Å². The van der Waals surface area contributed by atoms with Gasteiger partial charge < -0.3 is 5.11 Å². The van der Waals surface area contributed by atoms with Crippen molar-refractivity contribution in [2.24, 2.45) is 5.92 Å². The summed E-state index contributed by atoms with van der Waals surface area (Å²) in [6, 6.07) is 4.96. The zero-order valence-corrected chi connectivity index (χ0v) is 8.79. The van der Waals surface area contributed by atoms with Gasteiger partial charge in [0.1, 0.15) is 5.75 Å². The summed E-state index contributed by atoms with van der Waals surface area (Å²) in [7, 11) is 0. The van der Waals surface area contributed by atoms with Crippen LogP contribution in [-0.2, 0) is 6.42 Å². The Labute approximate surface area is 89.2 Å². The molecule has 78 valence electrons. The molecule has 1 aromatic rings. The lowest BCUT2D eigenvalue weighted by atomic mass is 9.80. The second-order valence-corrected chi connectivity index (χ2v) is 4.22. The van der Waals surface area contributed by atoms with E-state index in [1.54, 1.807) is 18.2 Å². The maximum atomic E-state index is 11.8. The molecule has 0 unspecified atom stereocenters. The molecule has 1 N–H and O–H groups in total. The van der Waals surface area contributed by atoms with Crippen molar-refractivity contribution in [2.45, 2.75) is 19.8 Å². The molecule has 0 aliphatic heterocycles. The molecule has 0 fully saturated rings. The van der Waals surface area contributed by atoms with E-state index in [0.717, 1.165) is 23.1 Å². The molecular weight excluding hydrogens is 188 g/mol. The number of hydrogen-bond acceptors (Lipinski definition) is 2. The van der Waals surface area contributed by atoms with Crippen molar-refractivity contribution in [1.29, 1.82) is 0 Å². The molecule has 0 aromatic heterocycles. The van der Waals surface area contributed by atoms with E-state index >= 15 is 0 Å². The molecule has 1 atom stereocenters. The lowest BCUT2D eigenvalue weighted by molar-refractivity contribution is 0.0956. The number of aromatic hydroxyl groups is 1. The van der Waals surface area contributed by atoms with Crippen LogP contribution in [0.4, 0.5) is 0 Å². The molecule has 0 bridgehead atoms. The van der Waals surface area contributed by atoms with Gasteiger partial charge in [-0.1, -0.05) is 12.2 Å². The summed E-state index contributed by atoms with van der Waals surface area (Å²) < 4.78 is 0. The summed E-state index contributed by atoms with van der Waals surface area (Å²) >= 11 is 0. The van der Waals surface area contributed by atoms with Crippen LogP contribution in [0, 0.1) is 5.92 Å². The van der Waals surface area contributed by atoms with Crippen molar-refractivity contribution in [3.05, 3.63) is 41.5 Å². The molecule has 1 aromatic carbocycles. The van der Waals surface area contributed by atoms with Crippen LogP contribution in [-0.4, -0.2) is 10.9 Å². The number of rotatable bonds is 1. The number of fused-ring (bicyclic) bond motifs is 1. The second kappa shape index (κ2) is 3.54. The van der Waals surface area contributed by atoms with Gasteiger partial charge in [0.25, 0.3) is 0 Å². The molecular formula is C13H14O2. The second-order valence-electron chi connectivity index (χ2n) is 4.22. The average Bonchev–Trinajstić information content (AvgIpc) is 2.16. The van der Waals surface area contributed by atoms with Crippen molar-refractivity contribution >= 4 is 5.78 Å². The fourth-order valence-electron chi connectivity index (χ4n) is 2.04. The maximum Gasteiger partial charge on any atom is 0.163 e. The van der Waals surface area contributed by atoms with Gasteiger partial charge in [0.05, 0.1) is 0 Å². The zero-order chi connectivity index (χ0) is 11.0. The fraction of sp³-hybridized carbons (Fsp3) is 0.308. The first-order valence-corrected chi connectivity index (χ1v) is 5.08. The molecule has 0 saturated heterocycles. The molecule has 2 nitrogen and oxygen atoms in total. The number of ketones is 1. The molecule has 15 heavy (non-hydrogen) atoms. The molecule has 1 aliphatic carbocycles. The van der Waals surface area contributed by atoms with Crippen molar-refractivity contribution in [3.8, 4) is 5.75 Å². The first-order valence-electron chi connectivity index (χ1n) is 5.08. The van der Waals surface area contributed by atoms with Crippen LogP contribution in [0.1, 0.15) is 29.3 Å². The van der Waals surface area contributed by atoms with Crippen molar-refractivity contribution in [2.75, 3.05) is 0 Å². The number of phenols is 1. The van der Waals surface area contributed by atoms with Crippen LogP contribution in [0.5, 0.6) is 5.75 Å². The van der Waals surface area contributed by atoms with E-state index in [1.165, 1.54) is 0 Å². The Balaban J connectivity index is 2.41. The van der Waals surface area contributed by atoms with Crippen LogP contribution in [0.3, 0.4) is 0 Å². The van der Waals surface area contributed by atoms with Crippen LogP contribution in [0.25, 0.3) is 0 Å². The minimum atomic E-state index is 0.157. The number of Topliss-reactive ketones (excluding diaryl/α,β-unsaturated/α-hetero) is 1. The third-order valence-electron chi connectivity index (χ3n) is 2.98. The van der Waals surface area contributed by atoms with E-state index in [9.17, 15) is 9.90 Å². The molecule has 0 saturated carbocycles. The van der Waals surface area contributed by atoms with Gasteiger partial charge >= 0.3 is 0 Å². The minimum absolute atomic E-state index is 0.157. The number of phenolic OH excluding ortho intramolecular Hbond substituents is 1. The van der Waals surface area contributed by atoms with Gasteiger partial charge in [-0.25, -0.2) is 0 Å². The third kappa shape index (κ3) is 1.80. The summed E-state index contributed by atoms with van der Waals surface area (Å²) in [6.07, 6.45) is 1.36. The molecule has 0 spiro atoms. The number of carbonyl (C=O) groups excluding carboxylic acids is 1. The largest absolute Gasteiger partial charge is 0.508 e. The lowest BCUT2D eigenvalue weighted by Crippen LogP contribution is -2.20. The molecule has 1 aliphatic rings. The number of benzene rings is 1. The lowest BCUT2D eigenvalue weighted by Gasteiger charge is -2.23. The Bertz CT molecular complexity index is 432. The van der Waals surface area contributed by atoms with E-state index in [2.05, 4.69) is 6.58 Å². The monoisotopic (exact) mass is 202 g/mol. The predicted octanol–water partition coefficient (Wildman–Crippen LogP) is 2.71. The quantitative estimate of drug-likeness (QED) is 0.711. The Hall–Kier alpha value is -1.57. The highest BCUT2D eigenvalue weighted by atomic mass is 16.3. The topological polar surface area (TPSA) is 37.3 Å². The summed E-state index contributed by atoms with van der Waals surface area (Å²) in [6.45, 7) is 5.84. The van der Waals surface area contributed by atoms with Crippen LogP contribution < -0.4 is 0 Å². The van der Waals surface area contributed by atoms with Gasteiger partial charge in [-0.3, -0.25) is 4.79 Å². The molecule has 2 rings (SSSR count). The number of carbonyl (C=O) groups is 1. The van der Waals surface area contributed by atoms with Crippen LogP contribution >= 0.6 is 0 Å². The van der Waals surface area contributed by atoms with Crippen molar-refractivity contribution in [3.63, 3.8) is 0 Å². The highest BCUT2D eigenvalue weighted by molar-refractivity contribution is 5.99. The Kier molecular flexibility index (Phi) is 2.35. The van der Waals surface area contributed by atoms with Crippen molar-refractivity contribution in [1.82, 2.24) is 0 Å². The van der Waals surface area contributed by atoms with E-state index in [-0.39, 0.29) is 17.5 Å². The highest BCUT2D eigenvalue weighted by Crippen LogP contribution is 2.31. The molecule has 2 heteroatoms. The average molecular weight is 202 g/mol. The summed E-state index contributed by atoms with van der Waals surface area (Å²) in [5.41, 5.74) is 2.74. The standard InChI is InChI=1S/C13H14O2/c1-8(2)9-5-10-6-11(14)3-4-12(10)13(15)7-9/h3-4,6,9,14H,1,5,7H2,2H3/t9-/m0/s1. The number of hydrogen-bond donors (Lipinski definition) is 1. The third-order valence-corrected chi connectivity index (χ3v) is 2.98.